The third kappa shape index (κ3) is 5.86. The molecular weight excluding hydrogens is 452 g/mol. The summed E-state index contributed by atoms with van der Waals surface area (Å²) >= 11 is 0. The molecule has 5 aromatic rings. The number of rotatable bonds is 10. The van der Waals surface area contributed by atoms with Crippen LogP contribution in [0.5, 0.6) is 0 Å². The minimum absolute atomic E-state index is 0.396. The Hall–Kier alpha value is -5.12. The van der Waals surface area contributed by atoms with Gasteiger partial charge in [-0.25, -0.2) is 14.6 Å². The molecule has 0 spiro atoms. The van der Waals surface area contributed by atoms with Crippen molar-refractivity contribution in [2.45, 2.75) is 13.1 Å². The summed E-state index contributed by atoms with van der Waals surface area (Å²) in [6.07, 6.45) is 6.25. The predicted molar refractivity (Wildman–Crippen MR) is 140 cm³/mol. The van der Waals surface area contributed by atoms with Crippen LogP contribution in [-0.2, 0) is 13.1 Å². The van der Waals surface area contributed by atoms with Crippen LogP contribution in [0, 0.1) is 5.41 Å². The van der Waals surface area contributed by atoms with E-state index in [2.05, 4.69) is 53.3 Å². The molecule has 2 aromatic heterocycles. The van der Waals surface area contributed by atoms with Crippen LogP contribution in [0.1, 0.15) is 16.7 Å². The van der Waals surface area contributed by atoms with Gasteiger partial charge >= 0.3 is 0 Å². The van der Waals surface area contributed by atoms with Gasteiger partial charge in [-0.05, 0) is 41.5 Å². The van der Waals surface area contributed by atoms with Crippen molar-refractivity contribution >= 4 is 35.2 Å². The molecule has 4 N–H and O–H groups in total. The molecule has 0 fully saturated rings. The Labute approximate surface area is 208 Å². The Bertz CT molecular complexity index is 1430. The van der Waals surface area contributed by atoms with E-state index in [1.165, 1.54) is 18.1 Å². The van der Waals surface area contributed by atoms with Gasteiger partial charge < -0.3 is 21.4 Å². The third-order valence-corrected chi connectivity index (χ3v) is 5.36. The number of aromatic nitrogens is 6. The molecule has 0 aliphatic carbocycles. The molecule has 0 amide bonds. The molecule has 0 unspecified atom stereocenters. The lowest BCUT2D eigenvalue weighted by atomic mass is 10.1. The summed E-state index contributed by atoms with van der Waals surface area (Å²) in [7, 11) is 0. The van der Waals surface area contributed by atoms with Gasteiger partial charge in [0, 0.05) is 41.6 Å². The fourth-order valence-corrected chi connectivity index (χ4v) is 3.64. The second-order valence-electron chi connectivity index (χ2n) is 7.97. The number of benzene rings is 3. The second kappa shape index (κ2) is 10.9. The van der Waals surface area contributed by atoms with Gasteiger partial charge in [0.25, 0.3) is 0 Å². The zero-order valence-corrected chi connectivity index (χ0v) is 19.3. The molecule has 0 saturated carbocycles. The molecule has 0 radical (unpaired) electrons. The van der Waals surface area contributed by atoms with Gasteiger partial charge in [0.15, 0.2) is 0 Å². The first kappa shape index (κ1) is 22.7. The highest BCUT2D eigenvalue weighted by Gasteiger charge is 2.07. The quantitative estimate of drug-likeness (QED) is 0.215. The fraction of sp³-hybridized carbons (Fsp3) is 0.0769. The van der Waals surface area contributed by atoms with Gasteiger partial charge in [0.05, 0.1) is 12.7 Å². The van der Waals surface area contributed by atoms with Crippen LogP contribution in [0.4, 0.5) is 29.0 Å². The van der Waals surface area contributed by atoms with Gasteiger partial charge in [-0.15, -0.1) is 5.10 Å². The summed E-state index contributed by atoms with van der Waals surface area (Å²) in [5, 5.41) is 25.5. The molecule has 0 aliphatic rings. The summed E-state index contributed by atoms with van der Waals surface area (Å²) < 4.78 is 1.76. The number of nitrogens with one attached hydrogen (secondary N) is 4. The molecule has 2 heterocycles. The van der Waals surface area contributed by atoms with Crippen LogP contribution in [0.15, 0.2) is 91.5 Å². The molecule has 3 aromatic carbocycles. The van der Waals surface area contributed by atoms with E-state index in [0.29, 0.717) is 25.0 Å². The molecular formula is C26H24N10. The minimum Gasteiger partial charge on any atom is -0.380 e. The number of hydrogen-bond acceptors (Lipinski definition) is 9. The lowest BCUT2D eigenvalue weighted by Gasteiger charge is -2.12. The smallest absolute Gasteiger partial charge is 0.232 e. The molecule has 0 aliphatic heterocycles. The average Bonchev–Trinajstić information content (AvgIpc) is 3.42. The second-order valence-corrected chi connectivity index (χ2v) is 7.97. The molecule has 10 heteroatoms. The van der Waals surface area contributed by atoms with Crippen molar-refractivity contribution in [1.82, 2.24) is 29.9 Å². The van der Waals surface area contributed by atoms with Gasteiger partial charge in [-0.1, -0.05) is 47.7 Å². The fourth-order valence-electron chi connectivity index (χ4n) is 3.64. The molecule has 178 valence electrons. The first-order valence-corrected chi connectivity index (χ1v) is 11.3. The SMILES string of the molecule is N=Cc1cc(Nc2ncnc(Nc3cccc(Cn4ccnn4)c3)n2)ccc1NCc1ccccc1. The lowest BCUT2D eigenvalue weighted by Crippen LogP contribution is -2.05. The van der Waals surface area contributed by atoms with E-state index in [1.54, 1.807) is 10.9 Å². The van der Waals surface area contributed by atoms with Crippen molar-refractivity contribution in [3.8, 4) is 0 Å². The van der Waals surface area contributed by atoms with Crippen molar-refractivity contribution < 1.29 is 0 Å². The number of hydrogen-bond donors (Lipinski definition) is 4. The Morgan fingerprint density at radius 1 is 0.833 bits per heavy atom. The maximum atomic E-state index is 7.83. The van der Waals surface area contributed by atoms with Crippen molar-refractivity contribution in [3.63, 3.8) is 0 Å². The Morgan fingerprint density at radius 2 is 1.61 bits per heavy atom. The maximum absolute atomic E-state index is 7.83. The molecule has 0 atom stereocenters. The highest BCUT2D eigenvalue weighted by atomic mass is 15.4. The van der Waals surface area contributed by atoms with Crippen LogP contribution in [0.25, 0.3) is 0 Å². The van der Waals surface area contributed by atoms with Crippen LogP contribution >= 0.6 is 0 Å². The van der Waals surface area contributed by atoms with Gasteiger partial charge in [-0.3, -0.25) is 0 Å². The summed E-state index contributed by atoms with van der Waals surface area (Å²) in [6.45, 7) is 1.29. The topological polar surface area (TPSA) is 129 Å². The van der Waals surface area contributed by atoms with E-state index >= 15 is 0 Å². The summed E-state index contributed by atoms with van der Waals surface area (Å²) in [5.41, 5.74) is 5.49. The first-order valence-electron chi connectivity index (χ1n) is 11.3. The Kier molecular flexibility index (Phi) is 6.84. The van der Waals surface area contributed by atoms with Gasteiger partial charge in [0.1, 0.15) is 6.33 Å². The molecule has 10 nitrogen and oxygen atoms in total. The summed E-state index contributed by atoms with van der Waals surface area (Å²) in [5.74, 6) is 0.811. The first-order chi connectivity index (χ1) is 17.7. The van der Waals surface area contributed by atoms with E-state index in [4.69, 9.17) is 5.41 Å². The van der Waals surface area contributed by atoms with E-state index in [0.717, 1.165) is 28.2 Å². The summed E-state index contributed by atoms with van der Waals surface area (Å²) in [6, 6.07) is 23.8. The van der Waals surface area contributed by atoms with Crippen molar-refractivity contribution in [1.29, 1.82) is 5.41 Å². The summed E-state index contributed by atoms with van der Waals surface area (Å²) in [4.78, 5) is 12.9. The van der Waals surface area contributed by atoms with Crippen molar-refractivity contribution in [2.75, 3.05) is 16.0 Å². The van der Waals surface area contributed by atoms with Crippen molar-refractivity contribution in [2.24, 2.45) is 0 Å². The Morgan fingerprint density at radius 3 is 2.36 bits per heavy atom. The highest BCUT2D eigenvalue weighted by molar-refractivity contribution is 5.88. The average molecular weight is 477 g/mol. The highest BCUT2D eigenvalue weighted by Crippen LogP contribution is 2.22. The standard InChI is InChI=1S/C26H24N10/c27-15-21-14-23(9-10-24(21)28-16-19-5-2-1-3-6-19)33-26-30-18-29-25(34-26)32-22-8-4-7-20(13-22)17-36-12-11-31-35-36/h1-15,18,27-28H,16-17H2,(H2,29,30,32,33,34). The largest absolute Gasteiger partial charge is 0.380 e. The number of nitrogens with zero attached hydrogens (tertiary/aromatic N) is 6. The number of anilines is 5. The molecule has 0 bridgehead atoms. The molecule has 36 heavy (non-hydrogen) atoms. The molecule has 0 saturated heterocycles. The monoisotopic (exact) mass is 476 g/mol. The Balaban J connectivity index is 1.25. The van der Waals surface area contributed by atoms with Gasteiger partial charge in [0.2, 0.25) is 11.9 Å². The lowest BCUT2D eigenvalue weighted by molar-refractivity contribution is 0.650. The normalized spacial score (nSPS) is 10.6. The van der Waals surface area contributed by atoms with Gasteiger partial charge in [-0.2, -0.15) is 4.98 Å². The molecule has 5 rings (SSSR count). The van der Waals surface area contributed by atoms with Crippen molar-refractivity contribution in [3.05, 3.63) is 108 Å². The van der Waals surface area contributed by atoms with Crippen LogP contribution in [0.3, 0.4) is 0 Å². The van der Waals surface area contributed by atoms with E-state index in [9.17, 15) is 0 Å². The van der Waals surface area contributed by atoms with Crippen LogP contribution in [0.2, 0.25) is 0 Å². The van der Waals surface area contributed by atoms with Crippen LogP contribution < -0.4 is 16.0 Å². The zero-order chi connectivity index (χ0) is 24.6. The predicted octanol–water partition coefficient (Wildman–Crippen LogP) is 4.61. The van der Waals surface area contributed by atoms with E-state index in [1.807, 2.05) is 66.9 Å². The third-order valence-electron chi connectivity index (χ3n) is 5.36. The maximum Gasteiger partial charge on any atom is 0.232 e. The minimum atomic E-state index is 0.396. The zero-order valence-electron chi connectivity index (χ0n) is 19.3. The van der Waals surface area contributed by atoms with Crippen LogP contribution in [-0.4, -0.2) is 36.2 Å². The van der Waals surface area contributed by atoms with E-state index in [-0.39, 0.29) is 0 Å². The van der Waals surface area contributed by atoms with E-state index < -0.39 is 0 Å².